The average Bonchev–Trinajstić information content (AvgIpc) is 3.02. The van der Waals surface area contributed by atoms with Crippen LogP contribution in [0.15, 0.2) is 24.3 Å². The van der Waals surface area contributed by atoms with Crippen molar-refractivity contribution in [3.05, 3.63) is 39.9 Å². The van der Waals surface area contributed by atoms with Crippen LogP contribution < -0.4 is 5.32 Å². The molecule has 1 aromatic carbocycles. The molecule has 2 aromatic rings. The van der Waals surface area contributed by atoms with E-state index in [9.17, 15) is 4.79 Å². The predicted octanol–water partition coefficient (Wildman–Crippen LogP) is 4.81. The highest BCUT2D eigenvalue weighted by molar-refractivity contribution is 7.15. The lowest BCUT2D eigenvalue weighted by atomic mass is 9.90. The van der Waals surface area contributed by atoms with Gasteiger partial charge < -0.3 is 5.32 Å². The Morgan fingerprint density at radius 1 is 1.26 bits per heavy atom. The van der Waals surface area contributed by atoms with Crippen molar-refractivity contribution >= 4 is 34.0 Å². The highest BCUT2D eigenvalue weighted by Gasteiger charge is 2.20. The fourth-order valence-electron chi connectivity index (χ4n) is 2.93. The van der Waals surface area contributed by atoms with Crippen LogP contribution in [-0.4, -0.2) is 16.1 Å². The van der Waals surface area contributed by atoms with Gasteiger partial charge in [0.25, 0.3) is 0 Å². The molecule has 1 aliphatic rings. The van der Waals surface area contributed by atoms with E-state index in [1.807, 2.05) is 24.3 Å². The van der Waals surface area contributed by atoms with Gasteiger partial charge in [0, 0.05) is 17.4 Å². The first kappa shape index (κ1) is 16.4. The summed E-state index contributed by atoms with van der Waals surface area (Å²) in [5.41, 5.74) is 1.06. The number of hydrogen-bond donors (Lipinski definition) is 1. The first-order chi connectivity index (χ1) is 11.2. The summed E-state index contributed by atoms with van der Waals surface area (Å²) in [5.74, 6) is 0.495. The molecule has 122 valence electrons. The molecule has 1 N–H and O–H groups in total. The number of nitrogens with zero attached hydrogens (tertiary/aromatic N) is 2. The second kappa shape index (κ2) is 7.88. The molecule has 23 heavy (non-hydrogen) atoms. The van der Waals surface area contributed by atoms with Gasteiger partial charge >= 0.3 is 0 Å². The molecule has 3 rings (SSSR count). The molecule has 1 heterocycles. The van der Waals surface area contributed by atoms with Gasteiger partial charge in [0.15, 0.2) is 0 Å². The summed E-state index contributed by atoms with van der Waals surface area (Å²) in [6.07, 6.45) is 7.33. The maximum atomic E-state index is 12.1. The SMILES string of the molecule is O=C(CCc1cccc(Cl)c1)Nc1nnc(C2CCCCC2)s1. The standard InChI is InChI=1S/C17H20ClN3OS/c18-14-8-4-5-12(11-14)9-10-15(22)19-17-21-20-16(23-17)13-6-2-1-3-7-13/h4-5,8,11,13H,1-3,6-7,9-10H2,(H,19,21,22). The zero-order chi connectivity index (χ0) is 16.1. The first-order valence-electron chi connectivity index (χ1n) is 8.08. The van der Waals surface area contributed by atoms with Gasteiger partial charge in [-0.25, -0.2) is 0 Å². The predicted molar refractivity (Wildman–Crippen MR) is 94.1 cm³/mol. The maximum Gasteiger partial charge on any atom is 0.226 e. The molecule has 6 heteroatoms. The molecule has 0 bridgehead atoms. The van der Waals surface area contributed by atoms with Crippen LogP contribution in [0.4, 0.5) is 5.13 Å². The first-order valence-corrected chi connectivity index (χ1v) is 9.28. The molecule has 1 amide bonds. The van der Waals surface area contributed by atoms with Crippen molar-refractivity contribution in [1.29, 1.82) is 0 Å². The molecule has 0 saturated heterocycles. The molecular weight excluding hydrogens is 330 g/mol. The van der Waals surface area contributed by atoms with Gasteiger partial charge in [0.2, 0.25) is 11.0 Å². The summed E-state index contributed by atoms with van der Waals surface area (Å²) >= 11 is 7.47. The number of rotatable bonds is 5. The number of carbonyl (C=O) groups is 1. The fraction of sp³-hybridized carbons (Fsp3) is 0.471. The zero-order valence-electron chi connectivity index (χ0n) is 12.9. The van der Waals surface area contributed by atoms with Crippen molar-refractivity contribution in [1.82, 2.24) is 10.2 Å². The number of halogens is 1. The number of hydrogen-bond acceptors (Lipinski definition) is 4. The lowest BCUT2D eigenvalue weighted by molar-refractivity contribution is -0.116. The summed E-state index contributed by atoms with van der Waals surface area (Å²) in [5, 5.41) is 13.6. The largest absolute Gasteiger partial charge is 0.301 e. The van der Waals surface area contributed by atoms with Crippen LogP contribution in [0.1, 0.15) is 55.0 Å². The van der Waals surface area contributed by atoms with E-state index < -0.39 is 0 Å². The maximum absolute atomic E-state index is 12.1. The molecule has 1 aliphatic carbocycles. The number of aryl methyl sites for hydroxylation is 1. The summed E-state index contributed by atoms with van der Waals surface area (Å²) < 4.78 is 0. The average molecular weight is 350 g/mol. The Bertz CT molecular complexity index is 667. The number of amides is 1. The Kier molecular flexibility index (Phi) is 5.62. The van der Waals surface area contributed by atoms with Gasteiger partial charge in [0.1, 0.15) is 5.01 Å². The van der Waals surface area contributed by atoms with Crippen molar-refractivity contribution in [2.75, 3.05) is 5.32 Å². The summed E-state index contributed by atoms with van der Waals surface area (Å²) in [7, 11) is 0. The van der Waals surface area contributed by atoms with Crippen molar-refractivity contribution in [3.8, 4) is 0 Å². The van der Waals surface area contributed by atoms with Crippen LogP contribution in [-0.2, 0) is 11.2 Å². The number of carbonyl (C=O) groups excluding carboxylic acids is 1. The smallest absolute Gasteiger partial charge is 0.226 e. The molecule has 0 atom stereocenters. The van der Waals surface area contributed by atoms with Crippen molar-refractivity contribution in [3.63, 3.8) is 0 Å². The monoisotopic (exact) mass is 349 g/mol. The third-order valence-corrected chi connectivity index (χ3v) is 5.41. The van der Waals surface area contributed by atoms with E-state index in [-0.39, 0.29) is 5.91 Å². The molecule has 1 saturated carbocycles. The van der Waals surface area contributed by atoms with Gasteiger partial charge in [-0.1, -0.05) is 54.3 Å². The number of benzene rings is 1. The van der Waals surface area contributed by atoms with E-state index in [1.54, 1.807) is 0 Å². The lowest BCUT2D eigenvalue weighted by Gasteiger charge is -2.18. The molecule has 0 aliphatic heterocycles. The molecule has 4 nitrogen and oxygen atoms in total. The number of anilines is 1. The van der Waals surface area contributed by atoms with Gasteiger partial charge in [-0.15, -0.1) is 10.2 Å². The highest BCUT2D eigenvalue weighted by Crippen LogP contribution is 2.35. The van der Waals surface area contributed by atoms with E-state index in [1.165, 1.54) is 43.4 Å². The molecule has 0 unspecified atom stereocenters. The summed E-state index contributed by atoms with van der Waals surface area (Å²) in [6, 6.07) is 7.60. The molecule has 1 aromatic heterocycles. The Balaban J connectivity index is 1.50. The molecular formula is C17H20ClN3OS. The Labute approximate surface area is 145 Å². The minimum atomic E-state index is -0.0312. The van der Waals surface area contributed by atoms with E-state index in [2.05, 4.69) is 15.5 Å². The van der Waals surface area contributed by atoms with Crippen molar-refractivity contribution in [2.24, 2.45) is 0 Å². The summed E-state index contributed by atoms with van der Waals surface area (Å²) in [6.45, 7) is 0. The van der Waals surface area contributed by atoms with Crippen LogP contribution in [0.25, 0.3) is 0 Å². The van der Waals surface area contributed by atoms with Crippen LogP contribution >= 0.6 is 22.9 Å². The van der Waals surface area contributed by atoms with Crippen LogP contribution in [0.2, 0.25) is 5.02 Å². The van der Waals surface area contributed by atoms with Gasteiger partial charge in [-0.05, 0) is 37.0 Å². The van der Waals surface area contributed by atoms with E-state index in [0.29, 0.717) is 28.9 Å². The second-order valence-electron chi connectivity index (χ2n) is 5.96. The normalized spacial score (nSPS) is 15.5. The van der Waals surface area contributed by atoms with E-state index in [0.717, 1.165) is 10.6 Å². The second-order valence-corrected chi connectivity index (χ2v) is 7.40. The van der Waals surface area contributed by atoms with Crippen LogP contribution in [0.5, 0.6) is 0 Å². The molecule has 0 radical (unpaired) electrons. The summed E-state index contributed by atoms with van der Waals surface area (Å²) in [4.78, 5) is 12.1. The minimum Gasteiger partial charge on any atom is -0.301 e. The zero-order valence-corrected chi connectivity index (χ0v) is 14.5. The Hall–Kier alpha value is -1.46. The lowest BCUT2D eigenvalue weighted by Crippen LogP contribution is -2.12. The van der Waals surface area contributed by atoms with Gasteiger partial charge in [-0.2, -0.15) is 0 Å². The fourth-order valence-corrected chi connectivity index (χ4v) is 4.07. The van der Waals surface area contributed by atoms with Crippen LogP contribution in [0, 0.1) is 0 Å². The topological polar surface area (TPSA) is 54.9 Å². The minimum absolute atomic E-state index is 0.0312. The number of nitrogens with one attached hydrogen (secondary N) is 1. The van der Waals surface area contributed by atoms with Crippen molar-refractivity contribution < 1.29 is 4.79 Å². The molecule has 0 spiro atoms. The van der Waals surface area contributed by atoms with E-state index >= 15 is 0 Å². The van der Waals surface area contributed by atoms with Crippen molar-refractivity contribution in [2.45, 2.75) is 50.9 Å². The Morgan fingerprint density at radius 2 is 2.09 bits per heavy atom. The quantitative estimate of drug-likeness (QED) is 0.842. The third kappa shape index (κ3) is 4.75. The molecule has 1 fully saturated rings. The highest BCUT2D eigenvalue weighted by atomic mass is 35.5. The van der Waals surface area contributed by atoms with Gasteiger partial charge in [-0.3, -0.25) is 4.79 Å². The number of aromatic nitrogens is 2. The third-order valence-electron chi connectivity index (χ3n) is 4.17. The van der Waals surface area contributed by atoms with Crippen LogP contribution in [0.3, 0.4) is 0 Å². The Morgan fingerprint density at radius 3 is 2.87 bits per heavy atom. The van der Waals surface area contributed by atoms with Gasteiger partial charge in [0.05, 0.1) is 0 Å². The van der Waals surface area contributed by atoms with E-state index in [4.69, 9.17) is 11.6 Å².